The fraction of sp³-hybridized carbons (Fsp3) is 0.889. The molecule has 0 aromatic carbocycles. The zero-order chi connectivity index (χ0) is 9.11. The van der Waals surface area contributed by atoms with E-state index in [4.69, 9.17) is 9.84 Å². The van der Waals surface area contributed by atoms with Crippen LogP contribution in [0.1, 0.15) is 40.5 Å². The zero-order valence-corrected chi connectivity index (χ0v) is 11.5. The van der Waals surface area contributed by atoms with Crippen molar-refractivity contribution in [1.29, 1.82) is 0 Å². The molecule has 2 nitrogen and oxygen atoms in total. The second-order valence-corrected chi connectivity index (χ2v) is 2.33. The molecule has 1 radical (unpaired) electrons. The number of ether oxygens (including phenoxy) is 1. The molecule has 0 rings (SSSR count). The van der Waals surface area contributed by atoms with Gasteiger partial charge in [-0.1, -0.05) is 13.8 Å². The Morgan fingerprint density at radius 2 is 1.83 bits per heavy atom. The van der Waals surface area contributed by atoms with Gasteiger partial charge in [-0.25, -0.2) is 0 Å². The first kappa shape index (κ1) is 18.7. The van der Waals surface area contributed by atoms with Crippen LogP contribution in [-0.2, 0) is 37.4 Å². The van der Waals surface area contributed by atoms with Gasteiger partial charge in [0.2, 0.25) is 0 Å². The second-order valence-electron chi connectivity index (χ2n) is 2.33. The molecule has 0 bridgehead atoms. The molecule has 3 heteroatoms. The minimum atomic E-state index is -0.158. The van der Waals surface area contributed by atoms with E-state index >= 15 is 0 Å². The Balaban J connectivity index is -0.000000142. The smallest absolute Gasteiger partial charge is 0.143 e. The van der Waals surface area contributed by atoms with E-state index in [0.29, 0.717) is 0 Å². The van der Waals surface area contributed by atoms with Gasteiger partial charge in [0.1, 0.15) is 6.79 Å². The zero-order valence-electron chi connectivity index (χ0n) is 8.71. The molecule has 0 spiro atoms. The molecule has 0 saturated heterocycles. The largest absolute Gasteiger partial charge is 0.371 e. The summed E-state index contributed by atoms with van der Waals surface area (Å²) in [6, 6.07) is 0. The molecule has 1 unspecified atom stereocenters. The summed E-state index contributed by atoms with van der Waals surface area (Å²) in [7, 11) is 0. The van der Waals surface area contributed by atoms with E-state index in [-0.39, 0.29) is 45.6 Å². The quantitative estimate of drug-likeness (QED) is 0.613. The first-order valence-electron chi connectivity index (χ1n) is 4.23. The maximum Gasteiger partial charge on any atom is 0.143 e. The average molecular weight is 250 g/mol. The Hall–Kier alpha value is 1.02. The van der Waals surface area contributed by atoms with E-state index < -0.39 is 0 Å². The molecule has 0 aromatic heterocycles. The molecule has 12 heavy (non-hydrogen) atoms. The monoisotopic (exact) mass is 250 g/mol. The van der Waals surface area contributed by atoms with E-state index in [1.54, 1.807) is 0 Å². The summed E-state index contributed by atoms with van der Waals surface area (Å²) >= 11 is 0. The second kappa shape index (κ2) is 17.9. The summed E-state index contributed by atoms with van der Waals surface area (Å²) < 4.78 is 4.75. The Morgan fingerprint density at radius 3 is 1.92 bits per heavy atom. The van der Waals surface area contributed by atoms with Crippen LogP contribution in [0, 0.1) is 6.42 Å². The summed E-state index contributed by atoms with van der Waals surface area (Å²) in [4.78, 5) is 0. The fourth-order valence-corrected chi connectivity index (χ4v) is 0.245. The van der Waals surface area contributed by atoms with Gasteiger partial charge in [-0.3, -0.25) is 0 Å². The minimum absolute atomic E-state index is 0. The van der Waals surface area contributed by atoms with Crippen LogP contribution in [0.2, 0.25) is 0 Å². The summed E-state index contributed by atoms with van der Waals surface area (Å²) in [6.07, 6.45) is 4.48. The molecule has 1 atom stereocenters. The molecular weight excluding hydrogens is 229 g/mol. The van der Waals surface area contributed by atoms with Crippen molar-refractivity contribution in [2.45, 2.75) is 46.6 Å². The number of unbranched alkanes of at least 4 members (excludes halogenated alkanes) is 1. The van der Waals surface area contributed by atoms with Crippen LogP contribution in [0.5, 0.6) is 0 Å². The Morgan fingerprint density at radius 1 is 1.42 bits per heavy atom. The number of hydrogen-bond acceptors (Lipinski definition) is 2. The summed E-state index contributed by atoms with van der Waals surface area (Å²) in [6.45, 7) is 7.96. The third kappa shape index (κ3) is 22.5. The maximum absolute atomic E-state index is 8.15. The molecule has 0 aliphatic heterocycles. The fourth-order valence-electron chi connectivity index (χ4n) is 0.245. The van der Waals surface area contributed by atoms with Gasteiger partial charge in [0.15, 0.2) is 0 Å². The van der Waals surface area contributed by atoms with Gasteiger partial charge in [-0.05, 0) is 13.3 Å². The van der Waals surface area contributed by atoms with E-state index in [9.17, 15) is 0 Å². The van der Waals surface area contributed by atoms with E-state index in [2.05, 4.69) is 20.3 Å². The van der Waals surface area contributed by atoms with Crippen molar-refractivity contribution in [2.75, 3.05) is 6.79 Å². The summed E-state index contributed by atoms with van der Waals surface area (Å²) in [5.74, 6) is 0. The van der Waals surface area contributed by atoms with Crippen LogP contribution in [0.4, 0.5) is 0 Å². The molecule has 0 fully saturated rings. The maximum atomic E-state index is 8.15. The predicted molar refractivity (Wildman–Crippen MR) is 48.2 cm³/mol. The van der Waals surface area contributed by atoms with Crippen molar-refractivity contribution in [2.24, 2.45) is 0 Å². The molecule has 0 heterocycles. The van der Waals surface area contributed by atoms with Gasteiger partial charge in [0.25, 0.3) is 0 Å². The molecule has 0 aliphatic carbocycles. The normalized spacial score (nSPS) is 10.8. The van der Waals surface area contributed by atoms with E-state index in [1.807, 2.05) is 13.8 Å². The van der Waals surface area contributed by atoms with Crippen molar-refractivity contribution >= 4 is 0 Å². The van der Waals surface area contributed by atoms with Crippen molar-refractivity contribution in [3.63, 3.8) is 0 Å². The van der Waals surface area contributed by atoms with Gasteiger partial charge in [-0.2, -0.15) is 13.3 Å². The van der Waals surface area contributed by atoms with Crippen LogP contribution in [0.15, 0.2) is 0 Å². The minimum Gasteiger partial charge on any atom is -0.371 e. The number of aliphatic hydroxyl groups is 1. The van der Waals surface area contributed by atoms with Crippen molar-refractivity contribution in [3.8, 4) is 0 Å². The molecule has 0 aliphatic rings. The Labute approximate surface area is 102 Å². The first-order valence-corrected chi connectivity index (χ1v) is 4.23. The van der Waals surface area contributed by atoms with Gasteiger partial charge in [-0.15, -0.1) is 0 Å². The average Bonchev–Trinajstić information content (AvgIpc) is 2.05. The van der Waals surface area contributed by atoms with Crippen LogP contribution in [0.3, 0.4) is 0 Å². The first-order chi connectivity index (χ1) is 5.22. The molecular formula is C9H21O2Y-. The van der Waals surface area contributed by atoms with Crippen LogP contribution < -0.4 is 0 Å². The SMILES string of the molecule is CCC(C)OCO.C[CH-]CC.[Y]. The molecule has 1 N–H and O–H groups in total. The Bertz CT molecular complexity index is 58.5. The van der Waals surface area contributed by atoms with Gasteiger partial charge in [0.05, 0.1) is 6.10 Å². The number of aliphatic hydroxyl groups excluding tert-OH is 1. The van der Waals surface area contributed by atoms with Crippen molar-refractivity contribution < 1.29 is 42.6 Å². The van der Waals surface area contributed by atoms with Crippen molar-refractivity contribution in [3.05, 3.63) is 6.42 Å². The molecule has 0 amide bonds. The van der Waals surface area contributed by atoms with E-state index in [0.717, 1.165) is 6.42 Å². The van der Waals surface area contributed by atoms with E-state index in [1.165, 1.54) is 6.42 Å². The topological polar surface area (TPSA) is 29.5 Å². The molecule has 0 aromatic rings. The van der Waals surface area contributed by atoms with Gasteiger partial charge in [0, 0.05) is 32.7 Å². The van der Waals surface area contributed by atoms with Gasteiger partial charge < -0.3 is 16.3 Å². The third-order valence-electron chi connectivity index (χ3n) is 1.34. The number of hydrogen-bond donors (Lipinski definition) is 1. The number of rotatable bonds is 4. The Kier molecular flexibility index (Phi) is 28.0. The van der Waals surface area contributed by atoms with Crippen molar-refractivity contribution in [1.82, 2.24) is 0 Å². The van der Waals surface area contributed by atoms with Crippen LogP contribution >= 0.6 is 0 Å². The predicted octanol–water partition coefficient (Wildman–Crippen LogP) is 2.37. The summed E-state index contributed by atoms with van der Waals surface area (Å²) in [5.41, 5.74) is 0. The standard InChI is InChI=1S/C5H12O2.C4H9.Y/c1-3-5(2)7-4-6;1-3-4-2;/h5-6H,3-4H2,1-2H3;3H,4H2,1-2H3;/q;-1;. The third-order valence-corrected chi connectivity index (χ3v) is 1.34. The summed E-state index contributed by atoms with van der Waals surface area (Å²) in [5, 5.41) is 8.15. The molecule has 73 valence electrons. The van der Waals surface area contributed by atoms with Gasteiger partial charge >= 0.3 is 0 Å². The molecule has 0 saturated carbocycles. The van der Waals surface area contributed by atoms with Crippen LogP contribution in [0.25, 0.3) is 0 Å². The van der Waals surface area contributed by atoms with Crippen LogP contribution in [-0.4, -0.2) is 18.0 Å².